The Hall–Kier alpha value is -2.40. The van der Waals surface area contributed by atoms with Gasteiger partial charge in [-0.25, -0.2) is 0 Å². The molecule has 5 nitrogen and oxygen atoms in total. The Morgan fingerprint density at radius 2 is 1.63 bits per heavy atom. The van der Waals surface area contributed by atoms with Crippen LogP contribution in [-0.2, 0) is 13.0 Å². The second kappa shape index (κ2) is 7.31. The van der Waals surface area contributed by atoms with E-state index in [-0.39, 0.29) is 5.60 Å². The SMILES string of the molecule is COc1cc(CN2CCC3(CC2)Cc2ccccc2O3)cc(OC)c1OC. The minimum atomic E-state index is -0.0184. The fourth-order valence-electron chi connectivity index (χ4n) is 4.25. The molecule has 0 N–H and O–H groups in total. The van der Waals surface area contributed by atoms with Gasteiger partial charge >= 0.3 is 0 Å². The summed E-state index contributed by atoms with van der Waals surface area (Å²) in [5, 5.41) is 0. The summed E-state index contributed by atoms with van der Waals surface area (Å²) in [5.74, 6) is 3.11. The number of piperidine rings is 1. The number of ether oxygens (including phenoxy) is 4. The molecule has 2 heterocycles. The highest BCUT2D eigenvalue weighted by Gasteiger charge is 2.41. The molecular formula is C22H27NO4. The molecule has 2 aliphatic heterocycles. The first kappa shape index (κ1) is 18.0. The number of hydrogen-bond acceptors (Lipinski definition) is 5. The lowest BCUT2D eigenvalue weighted by atomic mass is 9.87. The minimum Gasteiger partial charge on any atom is -0.493 e. The molecule has 2 aromatic carbocycles. The Morgan fingerprint density at radius 1 is 0.963 bits per heavy atom. The van der Waals surface area contributed by atoms with E-state index in [1.807, 2.05) is 12.1 Å². The number of fused-ring (bicyclic) bond motifs is 1. The van der Waals surface area contributed by atoms with Gasteiger partial charge in [-0.2, -0.15) is 0 Å². The topological polar surface area (TPSA) is 40.2 Å². The van der Waals surface area contributed by atoms with Crippen LogP contribution in [0.25, 0.3) is 0 Å². The highest BCUT2D eigenvalue weighted by atomic mass is 16.5. The molecule has 0 aliphatic carbocycles. The van der Waals surface area contributed by atoms with Crippen molar-refractivity contribution in [1.82, 2.24) is 4.90 Å². The van der Waals surface area contributed by atoms with Gasteiger partial charge < -0.3 is 18.9 Å². The average Bonchev–Trinajstić information content (AvgIpc) is 3.06. The molecule has 5 heteroatoms. The van der Waals surface area contributed by atoms with Gasteiger partial charge in [-0.05, 0) is 29.3 Å². The van der Waals surface area contributed by atoms with Crippen molar-refractivity contribution in [1.29, 1.82) is 0 Å². The summed E-state index contributed by atoms with van der Waals surface area (Å²) in [6, 6.07) is 12.5. The van der Waals surface area contributed by atoms with Crippen molar-refractivity contribution < 1.29 is 18.9 Å². The summed E-state index contributed by atoms with van der Waals surface area (Å²) in [6.45, 7) is 2.90. The van der Waals surface area contributed by atoms with E-state index in [1.54, 1.807) is 21.3 Å². The van der Waals surface area contributed by atoms with Gasteiger partial charge in [0.05, 0.1) is 21.3 Å². The quantitative estimate of drug-likeness (QED) is 0.804. The van der Waals surface area contributed by atoms with Crippen LogP contribution in [0.4, 0.5) is 0 Å². The van der Waals surface area contributed by atoms with Crippen LogP contribution in [0.1, 0.15) is 24.0 Å². The lowest BCUT2D eigenvalue weighted by Gasteiger charge is -2.38. The van der Waals surface area contributed by atoms with Crippen LogP contribution in [0.3, 0.4) is 0 Å². The Labute approximate surface area is 160 Å². The summed E-state index contributed by atoms with van der Waals surface area (Å²) in [5.41, 5.74) is 2.49. The summed E-state index contributed by atoms with van der Waals surface area (Å²) in [4.78, 5) is 2.47. The van der Waals surface area contributed by atoms with E-state index in [0.29, 0.717) is 17.2 Å². The monoisotopic (exact) mass is 369 g/mol. The molecule has 0 bridgehead atoms. The maximum atomic E-state index is 6.35. The third kappa shape index (κ3) is 3.44. The van der Waals surface area contributed by atoms with Crippen molar-refractivity contribution in [2.45, 2.75) is 31.4 Å². The van der Waals surface area contributed by atoms with E-state index in [9.17, 15) is 0 Å². The van der Waals surface area contributed by atoms with Crippen molar-refractivity contribution in [3.05, 3.63) is 47.5 Å². The summed E-state index contributed by atoms with van der Waals surface area (Å²) in [6.07, 6.45) is 3.12. The number of para-hydroxylation sites is 1. The van der Waals surface area contributed by atoms with Gasteiger partial charge in [-0.3, -0.25) is 4.90 Å². The average molecular weight is 369 g/mol. The fourth-order valence-corrected chi connectivity index (χ4v) is 4.25. The number of nitrogens with zero attached hydrogens (tertiary/aromatic N) is 1. The number of likely N-dealkylation sites (tertiary alicyclic amines) is 1. The summed E-state index contributed by atoms with van der Waals surface area (Å²) >= 11 is 0. The molecule has 1 fully saturated rings. The first-order valence-corrected chi connectivity index (χ1v) is 9.44. The first-order valence-electron chi connectivity index (χ1n) is 9.44. The zero-order valence-corrected chi connectivity index (χ0v) is 16.3. The van der Waals surface area contributed by atoms with Crippen LogP contribution in [-0.4, -0.2) is 44.9 Å². The highest BCUT2D eigenvalue weighted by Crippen LogP contribution is 2.42. The van der Waals surface area contributed by atoms with Crippen molar-refractivity contribution >= 4 is 0 Å². The van der Waals surface area contributed by atoms with Crippen molar-refractivity contribution in [3.8, 4) is 23.0 Å². The Balaban J connectivity index is 1.43. The normalized spacial score (nSPS) is 18.0. The molecule has 0 amide bonds. The molecule has 0 unspecified atom stereocenters. The molecule has 1 spiro atoms. The van der Waals surface area contributed by atoms with Crippen LogP contribution >= 0.6 is 0 Å². The second-order valence-electron chi connectivity index (χ2n) is 7.38. The molecule has 4 rings (SSSR count). The van der Waals surface area contributed by atoms with Gasteiger partial charge in [0.15, 0.2) is 11.5 Å². The molecule has 0 saturated carbocycles. The van der Waals surface area contributed by atoms with E-state index in [2.05, 4.69) is 29.2 Å². The van der Waals surface area contributed by atoms with Crippen molar-refractivity contribution in [3.63, 3.8) is 0 Å². The molecule has 27 heavy (non-hydrogen) atoms. The highest BCUT2D eigenvalue weighted by molar-refractivity contribution is 5.53. The number of benzene rings is 2. The zero-order valence-electron chi connectivity index (χ0n) is 16.3. The molecule has 1 saturated heterocycles. The van der Waals surface area contributed by atoms with Gasteiger partial charge in [0, 0.05) is 38.9 Å². The molecule has 2 aromatic rings. The maximum Gasteiger partial charge on any atom is 0.203 e. The molecule has 0 radical (unpaired) electrons. The van der Waals surface area contributed by atoms with Crippen LogP contribution < -0.4 is 18.9 Å². The standard InChI is InChI=1S/C22H27NO4/c1-24-19-12-16(13-20(25-2)21(19)26-3)15-23-10-8-22(9-11-23)14-17-6-4-5-7-18(17)27-22/h4-7,12-13H,8-11,14-15H2,1-3H3. The van der Waals surface area contributed by atoms with E-state index in [4.69, 9.17) is 18.9 Å². The van der Waals surface area contributed by atoms with Crippen LogP contribution in [0.5, 0.6) is 23.0 Å². The molecular weight excluding hydrogens is 342 g/mol. The van der Waals surface area contributed by atoms with E-state index < -0.39 is 0 Å². The number of hydrogen-bond donors (Lipinski definition) is 0. The van der Waals surface area contributed by atoms with E-state index >= 15 is 0 Å². The first-order chi connectivity index (χ1) is 13.2. The van der Waals surface area contributed by atoms with Crippen LogP contribution in [0.2, 0.25) is 0 Å². The number of rotatable bonds is 5. The third-order valence-corrected chi connectivity index (χ3v) is 5.71. The predicted molar refractivity (Wildman–Crippen MR) is 104 cm³/mol. The van der Waals surface area contributed by atoms with E-state index in [1.165, 1.54) is 5.56 Å². The third-order valence-electron chi connectivity index (χ3n) is 5.71. The smallest absolute Gasteiger partial charge is 0.203 e. The van der Waals surface area contributed by atoms with Crippen molar-refractivity contribution in [2.75, 3.05) is 34.4 Å². The second-order valence-corrected chi connectivity index (χ2v) is 7.38. The Morgan fingerprint density at radius 3 is 2.22 bits per heavy atom. The van der Waals surface area contributed by atoms with Crippen molar-refractivity contribution in [2.24, 2.45) is 0 Å². The predicted octanol–water partition coefficient (Wildman–Crippen LogP) is 3.68. The molecule has 0 atom stereocenters. The molecule has 0 aromatic heterocycles. The van der Waals surface area contributed by atoms with Gasteiger partial charge in [0.1, 0.15) is 11.4 Å². The van der Waals surface area contributed by atoms with Gasteiger partial charge in [-0.1, -0.05) is 18.2 Å². The Bertz CT molecular complexity index is 760. The largest absolute Gasteiger partial charge is 0.493 e. The van der Waals surface area contributed by atoms with Gasteiger partial charge in [0.25, 0.3) is 0 Å². The lowest BCUT2D eigenvalue weighted by Crippen LogP contribution is -2.47. The van der Waals surface area contributed by atoms with Crippen LogP contribution in [0.15, 0.2) is 36.4 Å². The molecule has 2 aliphatic rings. The zero-order chi connectivity index (χ0) is 18.9. The fraction of sp³-hybridized carbons (Fsp3) is 0.455. The van der Waals surface area contributed by atoms with Crippen LogP contribution in [0, 0.1) is 0 Å². The summed E-state index contributed by atoms with van der Waals surface area (Å²) < 4.78 is 22.7. The van der Waals surface area contributed by atoms with E-state index in [0.717, 1.165) is 50.2 Å². The molecule has 144 valence electrons. The van der Waals surface area contributed by atoms with Gasteiger partial charge in [0.2, 0.25) is 5.75 Å². The lowest BCUT2D eigenvalue weighted by molar-refractivity contribution is 0.0170. The van der Waals surface area contributed by atoms with Gasteiger partial charge in [-0.15, -0.1) is 0 Å². The summed E-state index contributed by atoms with van der Waals surface area (Å²) in [7, 11) is 4.94. The Kier molecular flexibility index (Phi) is 4.87. The minimum absolute atomic E-state index is 0.0184. The maximum absolute atomic E-state index is 6.35. The number of methoxy groups -OCH3 is 3.